The van der Waals surface area contributed by atoms with Crippen molar-refractivity contribution >= 4 is 6.09 Å². The molecular weight excluding hydrogens is 84.0 g/mol. The van der Waals surface area contributed by atoms with Gasteiger partial charge < -0.3 is 22.7 Å². The Morgan fingerprint density at radius 3 is 1.83 bits per heavy atom. The first-order chi connectivity index (χ1) is 2.73. The van der Waals surface area contributed by atoms with Gasteiger partial charge in [-0.15, -0.1) is 0 Å². The summed E-state index contributed by atoms with van der Waals surface area (Å²) in [6.07, 6.45) is -1.33. The van der Waals surface area contributed by atoms with E-state index < -0.39 is 6.09 Å². The summed E-state index contributed by atoms with van der Waals surface area (Å²) >= 11 is 0. The van der Waals surface area contributed by atoms with Crippen molar-refractivity contribution in [2.45, 2.75) is 0 Å². The van der Waals surface area contributed by atoms with Gasteiger partial charge in [-0.05, 0) is 0 Å². The van der Waals surface area contributed by atoms with Gasteiger partial charge in [0.1, 0.15) is 0 Å². The number of amides is 1. The maximum Gasteiger partial charge on any atom is 0.402 e. The van der Waals surface area contributed by atoms with Crippen LogP contribution in [0.5, 0.6) is 0 Å². The maximum atomic E-state index is 8.78. The molecule has 6 heavy (non-hydrogen) atoms. The van der Waals surface area contributed by atoms with Crippen LogP contribution in [0.1, 0.15) is 0 Å². The predicted octanol–water partition coefficient (Wildman–Crippen LogP) is -0.281. The molecule has 0 unspecified atom stereocenters. The number of nitrogens with zero attached hydrogens (tertiary/aromatic N) is 1. The van der Waals surface area contributed by atoms with Gasteiger partial charge in [0.15, 0.2) is 0 Å². The van der Waals surface area contributed by atoms with Gasteiger partial charge in [-0.2, -0.15) is 0 Å². The van der Waals surface area contributed by atoms with Crippen molar-refractivity contribution < 1.29 is 9.90 Å². The zero-order chi connectivity index (χ0) is 5.58. The average molecular weight is 87.1 g/mol. The molecule has 0 aromatic heterocycles. The summed E-state index contributed by atoms with van der Waals surface area (Å²) in [7, 11) is 0. The Morgan fingerprint density at radius 1 is 1.83 bits per heavy atom. The van der Waals surface area contributed by atoms with Crippen LogP contribution in [0, 0.1) is 11.8 Å². The number of primary amides is 1. The van der Waals surface area contributed by atoms with E-state index in [-0.39, 0.29) is 0 Å². The summed E-state index contributed by atoms with van der Waals surface area (Å²) in [6.45, 7) is 4.75. The monoisotopic (exact) mass is 87.0 g/mol. The van der Waals surface area contributed by atoms with Crippen molar-refractivity contribution in [1.82, 2.24) is 0 Å². The lowest BCUT2D eigenvalue weighted by atomic mass is 11.3. The summed E-state index contributed by atoms with van der Waals surface area (Å²) < 4.78 is 0. The Morgan fingerprint density at radius 2 is 1.83 bits per heavy atom. The van der Waals surface area contributed by atoms with Crippen LogP contribution in [0.25, 0.3) is 0 Å². The van der Waals surface area contributed by atoms with Crippen LogP contribution in [0.2, 0.25) is 0 Å². The van der Waals surface area contributed by atoms with Crippen LogP contribution < -0.4 is 5.73 Å². The summed E-state index contributed by atoms with van der Waals surface area (Å²) in [5.74, 6) is 0. The first-order valence-electron chi connectivity index (χ1n) is 0.940. The van der Waals surface area contributed by atoms with Crippen LogP contribution >= 0.6 is 0 Å². The third-order valence-corrected chi connectivity index (χ3v) is 0. The van der Waals surface area contributed by atoms with Gasteiger partial charge in [0, 0.05) is 0 Å². The molecule has 0 aliphatic carbocycles. The minimum Gasteiger partial charge on any atom is -0.512 e. The fourth-order valence-corrected chi connectivity index (χ4v) is 0. The highest BCUT2D eigenvalue weighted by molar-refractivity contribution is 5.61. The Kier molecular flexibility index (Phi) is 13.6. The summed E-state index contributed by atoms with van der Waals surface area (Å²) in [6, 6.07) is 0. The Labute approximate surface area is 34.8 Å². The third-order valence-electron chi connectivity index (χ3n) is 0. The van der Waals surface area contributed by atoms with E-state index in [1.165, 1.54) is 0 Å². The number of hydrogen-bond donors (Lipinski definition) is 2. The first kappa shape index (κ1) is 8.83. The molecule has 0 rings (SSSR count). The van der Waals surface area contributed by atoms with Gasteiger partial charge in [-0.3, -0.25) is 0 Å². The van der Waals surface area contributed by atoms with Crippen molar-refractivity contribution in [3.05, 3.63) is 6.57 Å². The van der Waals surface area contributed by atoms with Crippen molar-refractivity contribution in [3.8, 4) is 0 Å². The zero-order valence-corrected chi connectivity index (χ0v) is 2.88. The fraction of sp³-hybridized carbons (Fsp3) is 0. The van der Waals surface area contributed by atoms with Crippen LogP contribution in [0.15, 0.2) is 0 Å². The van der Waals surface area contributed by atoms with Gasteiger partial charge in [0.25, 0.3) is 0 Å². The lowest BCUT2D eigenvalue weighted by molar-refractivity contribution is 0.205. The van der Waals surface area contributed by atoms with Crippen molar-refractivity contribution in [2.75, 3.05) is 0 Å². The molecule has 0 spiro atoms. The molecular formula is C2H3N2O2-. The highest BCUT2D eigenvalue weighted by Gasteiger charge is 1.65. The van der Waals surface area contributed by atoms with Gasteiger partial charge in [0.05, 0.1) is 0 Å². The highest BCUT2D eigenvalue weighted by Crippen LogP contribution is 1.34. The van der Waals surface area contributed by atoms with E-state index in [0.29, 0.717) is 0 Å². The average Bonchev–Trinajstić information content (AvgIpc) is 1.41. The molecule has 0 aliphatic rings. The molecule has 0 saturated heterocycles. The molecule has 4 nitrogen and oxygen atoms in total. The molecule has 1 amide bonds. The molecule has 0 aromatic carbocycles. The molecule has 0 bridgehead atoms. The molecule has 4 heteroatoms. The second kappa shape index (κ2) is 9.25. The number of rotatable bonds is 0. The summed E-state index contributed by atoms with van der Waals surface area (Å²) in [5.41, 5.74) is 4.03. The summed E-state index contributed by atoms with van der Waals surface area (Å²) in [4.78, 5) is 8.78. The molecule has 0 radical (unpaired) electrons. The molecule has 0 aliphatic heterocycles. The standard InChI is InChI=1S/CH3NO2.CN/c2-1(3)4;1-2/h2H2,(H,3,4);/q;-1. The second-order valence-corrected chi connectivity index (χ2v) is 0.338. The van der Waals surface area contributed by atoms with Crippen LogP contribution in [0.3, 0.4) is 0 Å². The van der Waals surface area contributed by atoms with Crippen LogP contribution in [0.4, 0.5) is 4.79 Å². The van der Waals surface area contributed by atoms with E-state index in [0.717, 1.165) is 0 Å². The van der Waals surface area contributed by atoms with E-state index in [2.05, 4.69) is 5.73 Å². The lowest BCUT2D eigenvalue weighted by Crippen LogP contribution is -2.03. The van der Waals surface area contributed by atoms with Crippen LogP contribution in [-0.4, -0.2) is 11.2 Å². The predicted molar refractivity (Wildman–Crippen MR) is 17.2 cm³/mol. The van der Waals surface area contributed by atoms with Gasteiger partial charge in [-0.1, -0.05) is 0 Å². The lowest BCUT2D eigenvalue weighted by Gasteiger charge is -1.61. The molecule has 0 fully saturated rings. The Balaban J connectivity index is 0. The number of hydrogen-bond acceptors (Lipinski definition) is 2. The number of carboxylic acid groups (broad SMARTS) is 1. The zero-order valence-electron chi connectivity index (χ0n) is 2.88. The second-order valence-electron chi connectivity index (χ2n) is 0.338. The number of nitrogens with two attached hydrogens (primary N) is 1. The van der Waals surface area contributed by atoms with Gasteiger partial charge >= 0.3 is 6.09 Å². The number of carbonyl (C=O) groups is 1. The van der Waals surface area contributed by atoms with Crippen molar-refractivity contribution in [1.29, 1.82) is 5.26 Å². The third kappa shape index (κ3) is 5.56. The largest absolute Gasteiger partial charge is 0.512 e. The maximum absolute atomic E-state index is 8.78. The Hall–Kier alpha value is -1.24. The van der Waals surface area contributed by atoms with Crippen molar-refractivity contribution in [2.24, 2.45) is 5.73 Å². The van der Waals surface area contributed by atoms with E-state index in [1.807, 2.05) is 0 Å². The molecule has 0 aromatic rings. The SMILES string of the molecule is NC(=O)O.[C-]#N. The van der Waals surface area contributed by atoms with E-state index in [1.54, 1.807) is 0 Å². The molecule has 34 valence electrons. The highest BCUT2D eigenvalue weighted by atomic mass is 16.4. The minimum atomic E-state index is -1.33. The van der Waals surface area contributed by atoms with Gasteiger partial charge in [0.2, 0.25) is 0 Å². The van der Waals surface area contributed by atoms with Gasteiger partial charge in [-0.25, -0.2) is 4.79 Å². The van der Waals surface area contributed by atoms with E-state index in [4.69, 9.17) is 21.7 Å². The normalized spacial score (nSPS) is 4.33. The van der Waals surface area contributed by atoms with E-state index in [9.17, 15) is 0 Å². The van der Waals surface area contributed by atoms with E-state index >= 15 is 0 Å². The Bertz CT molecular complexity index is 53.8. The quantitative estimate of drug-likeness (QED) is 0.398. The van der Waals surface area contributed by atoms with Crippen molar-refractivity contribution in [3.63, 3.8) is 0 Å². The fourth-order valence-electron chi connectivity index (χ4n) is 0. The minimum absolute atomic E-state index is 1.33. The molecule has 0 atom stereocenters. The summed E-state index contributed by atoms with van der Waals surface area (Å²) in [5, 5.41) is 13.4. The van der Waals surface area contributed by atoms with Crippen LogP contribution in [-0.2, 0) is 0 Å². The molecule has 0 saturated carbocycles. The smallest absolute Gasteiger partial charge is 0.402 e. The topological polar surface area (TPSA) is 87.1 Å². The first-order valence-corrected chi connectivity index (χ1v) is 0.940. The molecule has 3 N–H and O–H groups in total. The molecule has 0 heterocycles.